The Bertz CT molecular complexity index is 672. The molecule has 0 atom stereocenters. The van der Waals surface area contributed by atoms with Crippen molar-refractivity contribution in [1.82, 2.24) is 4.57 Å². The molecule has 4 heteroatoms. The minimum absolute atomic E-state index is 0.337. The van der Waals surface area contributed by atoms with Crippen LogP contribution in [0, 0.1) is 6.92 Å². The molecule has 0 aliphatic heterocycles. The fourth-order valence-electron chi connectivity index (χ4n) is 3.07. The fourth-order valence-corrected chi connectivity index (χ4v) is 3.07. The Kier molecular flexibility index (Phi) is 6.59. The summed E-state index contributed by atoms with van der Waals surface area (Å²) in [6.07, 6.45) is 9.68. The van der Waals surface area contributed by atoms with Crippen molar-refractivity contribution in [2.24, 2.45) is 7.05 Å². The topological polar surface area (TPSA) is 46.1 Å². The van der Waals surface area contributed by atoms with Gasteiger partial charge >= 0.3 is 5.97 Å². The Morgan fingerprint density at radius 1 is 1.12 bits per heavy atom. The lowest BCUT2D eigenvalue weighted by Crippen LogP contribution is -2.37. The van der Waals surface area contributed by atoms with E-state index in [0.29, 0.717) is 5.56 Å². The molecule has 0 spiro atoms. The smallest absolute Gasteiger partial charge is 0.335 e. The summed E-state index contributed by atoms with van der Waals surface area (Å²) in [7, 11) is 2.13. The van der Waals surface area contributed by atoms with E-state index in [9.17, 15) is 4.79 Å². The highest BCUT2D eigenvalue weighted by Gasteiger charge is 2.18. The first kappa shape index (κ1) is 18.2. The van der Waals surface area contributed by atoms with Crippen molar-refractivity contribution in [2.75, 3.05) is 0 Å². The summed E-state index contributed by atoms with van der Waals surface area (Å²) in [5.41, 5.74) is 2.72. The van der Waals surface area contributed by atoms with Crippen LogP contribution in [0.25, 0.3) is 0 Å². The highest BCUT2D eigenvalue weighted by Crippen LogP contribution is 2.10. The Hall–Kier alpha value is -2.10. The van der Waals surface area contributed by atoms with Gasteiger partial charge in [-0.1, -0.05) is 44.7 Å². The molecule has 0 aliphatic rings. The first-order valence-electron chi connectivity index (χ1n) is 8.89. The molecule has 0 saturated heterocycles. The number of carboxylic acid groups (broad SMARTS) is 1. The molecule has 0 radical (unpaired) electrons. The lowest BCUT2D eigenvalue weighted by Gasteiger charge is -2.04. The van der Waals surface area contributed by atoms with E-state index < -0.39 is 5.97 Å². The number of hydrogen-bond acceptors (Lipinski definition) is 1. The molecule has 0 aliphatic carbocycles. The molecule has 1 aromatic carbocycles. The molecular formula is C20H29N2O2+. The van der Waals surface area contributed by atoms with E-state index in [1.807, 2.05) is 12.1 Å². The van der Waals surface area contributed by atoms with Crippen LogP contribution in [-0.4, -0.2) is 15.6 Å². The van der Waals surface area contributed by atoms with Gasteiger partial charge in [0.1, 0.15) is 18.4 Å². The van der Waals surface area contributed by atoms with Crippen LogP contribution >= 0.6 is 0 Å². The van der Waals surface area contributed by atoms with E-state index in [1.54, 1.807) is 12.1 Å². The van der Waals surface area contributed by atoms with Crippen LogP contribution in [0.15, 0.2) is 30.5 Å². The number of benzene rings is 1. The predicted molar refractivity (Wildman–Crippen MR) is 95.3 cm³/mol. The Labute approximate surface area is 144 Å². The zero-order valence-electron chi connectivity index (χ0n) is 15.1. The van der Waals surface area contributed by atoms with Gasteiger partial charge in [0.2, 0.25) is 0 Å². The highest BCUT2D eigenvalue weighted by molar-refractivity contribution is 5.87. The maximum atomic E-state index is 11.0. The van der Waals surface area contributed by atoms with Gasteiger partial charge < -0.3 is 5.11 Å². The van der Waals surface area contributed by atoms with Gasteiger partial charge in [0, 0.05) is 13.3 Å². The summed E-state index contributed by atoms with van der Waals surface area (Å²) in [6.45, 7) is 5.15. The van der Waals surface area contributed by atoms with Crippen molar-refractivity contribution in [1.29, 1.82) is 0 Å². The summed E-state index contributed by atoms with van der Waals surface area (Å²) < 4.78 is 4.57. The van der Waals surface area contributed by atoms with Crippen LogP contribution in [0.2, 0.25) is 0 Å². The van der Waals surface area contributed by atoms with E-state index in [1.165, 1.54) is 43.6 Å². The molecule has 2 aromatic rings. The maximum Gasteiger partial charge on any atom is 0.335 e. The van der Waals surface area contributed by atoms with Gasteiger partial charge in [0.25, 0.3) is 5.82 Å². The normalized spacial score (nSPS) is 11.0. The number of carboxylic acids is 1. The lowest BCUT2D eigenvalue weighted by atomic mass is 10.1. The summed E-state index contributed by atoms with van der Waals surface area (Å²) in [5.74, 6) is 0.462. The number of imidazole rings is 1. The molecular weight excluding hydrogens is 300 g/mol. The Balaban J connectivity index is 2.06. The molecule has 0 saturated carbocycles. The average Bonchev–Trinajstić information content (AvgIpc) is 2.82. The first-order chi connectivity index (χ1) is 11.5. The van der Waals surface area contributed by atoms with E-state index in [2.05, 4.69) is 36.2 Å². The predicted octanol–water partition coefficient (Wildman–Crippen LogP) is 3.88. The number of aromatic carboxylic acids is 1. The van der Waals surface area contributed by atoms with Crippen LogP contribution in [0.1, 0.15) is 66.5 Å². The van der Waals surface area contributed by atoms with Crippen molar-refractivity contribution in [3.63, 3.8) is 0 Å². The summed E-state index contributed by atoms with van der Waals surface area (Å²) in [6, 6.07) is 7.17. The summed E-state index contributed by atoms with van der Waals surface area (Å²) in [5, 5.41) is 9.00. The molecule has 0 amide bonds. The van der Waals surface area contributed by atoms with Crippen molar-refractivity contribution in [2.45, 2.75) is 58.9 Å². The molecule has 130 valence electrons. The molecule has 0 bridgehead atoms. The largest absolute Gasteiger partial charge is 0.478 e. The second-order valence-corrected chi connectivity index (χ2v) is 6.54. The third-order valence-electron chi connectivity index (χ3n) is 4.65. The number of rotatable bonds is 9. The van der Waals surface area contributed by atoms with Crippen molar-refractivity contribution in [3.05, 3.63) is 53.1 Å². The van der Waals surface area contributed by atoms with Gasteiger partial charge in [0.15, 0.2) is 0 Å². The van der Waals surface area contributed by atoms with Gasteiger partial charge in [-0.05, 0) is 24.1 Å². The standard InChI is InChI=1S/C20H28N2O2/c1-4-5-6-7-8-9-19-21(3)16(2)14-22(19)15-17-10-12-18(13-11-17)20(23)24/h10-14H,4-9,15H2,1-3H3/p+1. The molecule has 1 N–H and O–H groups in total. The fraction of sp³-hybridized carbons (Fsp3) is 0.500. The highest BCUT2D eigenvalue weighted by atomic mass is 16.4. The number of carbonyl (C=O) groups is 1. The van der Waals surface area contributed by atoms with E-state index in [4.69, 9.17) is 5.11 Å². The average molecular weight is 329 g/mol. The van der Waals surface area contributed by atoms with Crippen molar-refractivity contribution in [3.8, 4) is 0 Å². The minimum atomic E-state index is -0.877. The molecule has 24 heavy (non-hydrogen) atoms. The number of unbranched alkanes of at least 4 members (excludes halogenated alkanes) is 4. The second-order valence-electron chi connectivity index (χ2n) is 6.54. The monoisotopic (exact) mass is 329 g/mol. The van der Waals surface area contributed by atoms with Crippen molar-refractivity contribution >= 4 is 5.97 Å². The minimum Gasteiger partial charge on any atom is -0.478 e. The molecule has 1 aromatic heterocycles. The van der Waals surface area contributed by atoms with Crippen LogP contribution in [0.4, 0.5) is 0 Å². The third kappa shape index (κ3) is 4.70. The maximum absolute atomic E-state index is 11.0. The van der Waals surface area contributed by atoms with Gasteiger partial charge in [-0.15, -0.1) is 0 Å². The lowest BCUT2D eigenvalue weighted by molar-refractivity contribution is -0.695. The SMILES string of the molecule is CCCCCCCc1n(C)c(C)c[n+]1Cc1ccc(C(=O)O)cc1. The summed E-state index contributed by atoms with van der Waals surface area (Å²) in [4.78, 5) is 11.0. The van der Waals surface area contributed by atoms with Gasteiger partial charge in [-0.2, -0.15) is 0 Å². The number of hydrogen-bond donors (Lipinski definition) is 1. The summed E-state index contributed by atoms with van der Waals surface area (Å²) >= 11 is 0. The molecule has 4 nitrogen and oxygen atoms in total. The van der Waals surface area contributed by atoms with E-state index >= 15 is 0 Å². The van der Waals surface area contributed by atoms with Crippen molar-refractivity contribution < 1.29 is 14.5 Å². The number of aryl methyl sites for hydroxylation is 1. The number of aromatic nitrogens is 2. The molecule has 0 fully saturated rings. The molecule has 2 rings (SSSR count). The molecule has 1 heterocycles. The third-order valence-corrected chi connectivity index (χ3v) is 4.65. The van der Waals surface area contributed by atoms with E-state index in [-0.39, 0.29) is 0 Å². The van der Waals surface area contributed by atoms with Crippen LogP contribution in [0.5, 0.6) is 0 Å². The van der Waals surface area contributed by atoms with Crippen LogP contribution in [0.3, 0.4) is 0 Å². The Morgan fingerprint density at radius 2 is 1.79 bits per heavy atom. The van der Waals surface area contributed by atoms with Gasteiger partial charge in [0.05, 0.1) is 12.6 Å². The van der Waals surface area contributed by atoms with E-state index in [0.717, 1.165) is 18.5 Å². The Morgan fingerprint density at radius 3 is 2.42 bits per heavy atom. The zero-order chi connectivity index (χ0) is 17.5. The van der Waals surface area contributed by atoms with Gasteiger partial charge in [-0.25, -0.2) is 13.9 Å². The second kappa shape index (κ2) is 8.67. The van der Waals surface area contributed by atoms with Crippen LogP contribution < -0.4 is 4.57 Å². The number of nitrogens with zero attached hydrogens (tertiary/aromatic N) is 2. The first-order valence-corrected chi connectivity index (χ1v) is 8.89. The van der Waals surface area contributed by atoms with Crippen LogP contribution in [-0.2, 0) is 20.0 Å². The molecule has 0 unspecified atom stereocenters. The quantitative estimate of drug-likeness (QED) is 0.560. The van der Waals surface area contributed by atoms with Gasteiger partial charge in [-0.3, -0.25) is 0 Å². The zero-order valence-corrected chi connectivity index (χ0v) is 15.1.